The Balaban J connectivity index is 1.52. The topological polar surface area (TPSA) is 96.6 Å². The number of amides is 1. The summed E-state index contributed by atoms with van der Waals surface area (Å²) in [6, 6.07) is 20.1. The Morgan fingerprint density at radius 1 is 0.886 bits per heavy atom. The molecule has 0 bridgehead atoms. The van der Waals surface area contributed by atoms with Gasteiger partial charge in [-0.1, -0.05) is 54.6 Å². The van der Waals surface area contributed by atoms with Gasteiger partial charge in [-0.15, -0.1) is 0 Å². The van der Waals surface area contributed by atoms with Crippen molar-refractivity contribution in [2.45, 2.75) is 30.3 Å². The quantitative estimate of drug-likeness (QED) is 0.340. The SMILES string of the molecule is O=C(c1c(-c2ccccc2)n(C2CCCN(S(=O)(=O)c3ccccc3)C2)c(=O)n1Cc1ccc(F)c(F)c1)N1CCNCC1. The molecule has 12 heteroatoms. The zero-order valence-corrected chi connectivity index (χ0v) is 24.8. The van der Waals surface area contributed by atoms with Crippen LogP contribution >= 0.6 is 0 Å². The van der Waals surface area contributed by atoms with Gasteiger partial charge in [0.25, 0.3) is 5.91 Å². The van der Waals surface area contributed by atoms with Crippen LogP contribution in [0.5, 0.6) is 0 Å². The average molecular weight is 622 g/mol. The number of carbonyl (C=O) groups excluding carboxylic acids is 1. The van der Waals surface area contributed by atoms with Crippen molar-refractivity contribution in [3.05, 3.63) is 112 Å². The summed E-state index contributed by atoms with van der Waals surface area (Å²) in [7, 11) is -3.84. The fourth-order valence-electron chi connectivity index (χ4n) is 6.07. The number of carbonyl (C=O) groups is 1. The summed E-state index contributed by atoms with van der Waals surface area (Å²) < 4.78 is 59.5. The highest BCUT2D eigenvalue weighted by Gasteiger charge is 2.37. The van der Waals surface area contributed by atoms with Crippen molar-refractivity contribution in [3.63, 3.8) is 0 Å². The van der Waals surface area contributed by atoms with Crippen LogP contribution in [0.1, 0.15) is 34.9 Å². The lowest BCUT2D eigenvalue weighted by Gasteiger charge is -2.33. The molecule has 4 aromatic rings. The van der Waals surface area contributed by atoms with E-state index < -0.39 is 33.4 Å². The minimum atomic E-state index is -3.84. The number of piperazine rings is 1. The molecule has 44 heavy (non-hydrogen) atoms. The second-order valence-corrected chi connectivity index (χ2v) is 13.0. The number of hydrogen-bond acceptors (Lipinski definition) is 5. The smallest absolute Gasteiger partial charge is 0.329 e. The Hall–Kier alpha value is -4.13. The summed E-state index contributed by atoms with van der Waals surface area (Å²) in [6.45, 7) is 2.21. The Morgan fingerprint density at radius 2 is 1.57 bits per heavy atom. The number of imidazole rings is 1. The first-order chi connectivity index (χ1) is 21.3. The third-order valence-corrected chi connectivity index (χ3v) is 10.1. The van der Waals surface area contributed by atoms with Crippen LogP contribution in [0.15, 0.2) is 88.6 Å². The molecule has 9 nitrogen and oxygen atoms in total. The predicted molar refractivity (Wildman–Crippen MR) is 162 cm³/mol. The first kappa shape index (κ1) is 29.9. The standard InChI is InChI=1S/C32H33F2N5O4S/c33-27-14-13-23(20-28(27)34)21-38-30(31(40)36-18-15-35-16-19-36)29(24-8-3-1-4-9-24)39(32(38)41)25-10-7-17-37(22-25)44(42,43)26-11-5-2-6-12-26/h1-6,8-9,11-14,20,25,35H,7,10,15-19,21-22H2. The molecule has 1 N–H and O–H groups in total. The van der Waals surface area contributed by atoms with Gasteiger partial charge >= 0.3 is 5.69 Å². The molecular formula is C32H33F2N5O4S. The van der Waals surface area contributed by atoms with E-state index >= 15 is 0 Å². The molecule has 0 spiro atoms. The van der Waals surface area contributed by atoms with Gasteiger partial charge in [-0.3, -0.25) is 13.9 Å². The van der Waals surface area contributed by atoms with Gasteiger partial charge in [0.15, 0.2) is 11.6 Å². The second-order valence-electron chi connectivity index (χ2n) is 11.1. The number of sulfonamides is 1. The van der Waals surface area contributed by atoms with Gasteiger partial charge < -0.3 is 10.2 Å². The Morgan fingerprint density at radius 3 is 2.25 bits per heavy atom. The lowest BCUT2D eigenvalue weighted by molar-refractivity contribution is 0.0725. The highest BCUT2D eigenvalue weighted by molar-refractivity contribution is 7.89. The number of aromatic nitrogens is 2. The minimum absolute atomic E-state index is 0.0351. The van der Waals surface area contributed by atoms with Crippen molar-refractivity contribution < 1.29 is 22.0 Å². The highest BCUT2D eigenvalue weighted by atomic mass is 32.2. The Bertz CT molecular complexity index is 1820. The highest BCUT2D eigenvalue weighted by Crippen LogP contribution is 2.33. The fraction of sp³-hybridized carbons (Fsp3) is 0.312. The second kappa shape index (κ2) is 12.5. The van der Waals surface area contributed by atoms with Crippen LogP contribution in [-0.4, -0.2) is 71.9 Å². The number of nitrogens with one attached hydrogen (secondary N) is 1. The first-order valence-corrected chi connectivity index (χ1v) is 16.1. The summed E-state index contributed by atoms with van der Waals surface area (Å²) in [6.07, 6.45) is 1.02. The minimum Gasteiger partial charge on any atom is -0.335 e. The molecule has 2 saturated heterocycles. The van der Waals surface area contributed by atoms with Crippen LogP contribution in [0.3, 0.4) is 0 Å². The van der Waals surface area contributed by atoms with E-state index in [0.29, 0.717) is 62.4 Å². The summed E-state index contributed by atoms with van der Waals surface area (Å²) in [4.78, 5) is 30.6. The summed E-state index contributed by atoms with van der Waals surface area (Å²) >= 11 is 0. The normalized spacial score (nSPS) is 18.0. The summed E-state index contributed by atoms with van der Waals surface area (Å²) in [5.41, 5.74) is 0.932. The first-order valence-electron chi connectivity index (χ1n) is 14.7. The monoisotopic (exact) mass is 621 g/mol. The van der Waals surface area contributed by atoms with Gasteiger partial charge in [0.1, 0.15) is 5.69 Å². The van der Waals surface area contributed by atoms with E-state index in [2.05, 4.69) is 5.32 Å². The summed E-state index contributed by atoms with van der Waals surface area (Å²) in [5.74, 6) is -2.42. The van der Waals surface area contributed by atoms with E-state index in [0.717, 1.165) is 12.1 Å². The molecule has 0 saturated carbocycles. The van der Waals surface area contributed by atoms with Crippen molar-refractivity contribution >= 4 is 15.9 Å². The molecule has 1 unspecified atom stereocenters. The lowest BCUT2D eigenvalue weighted by Crippen LogP contribution is -2.47. The molecule has 2 aliphatic rings. The van der Waals surface area contributed by atoms with Gasteiger partial charge in [-0.05, 0) is 42.7 Å². The van der Waals surface area contributed by atoms with Crippen molar-refractivity contribution in [3.8, 4) is 11.3 Å². The third kappa shape index (κ3) is 5.72. The van der Waals surface area contributed by atoms with Crippen LogP contribution in [0.4, 0.5) is 8.78 Å². The molecule has 1 atom stereocenters. The van der Waals surface area contributed by atoms with E-state index in [9.17, 15) is 26.8 Å². The van der Waals surface area contributed by atoms with E-state index in [4.69, 9.17) is 0 Å². The van der Waals surface area contributed by atoms with Crippen molar-refractivity contribution in [1.82, 2.24) is 23.7 Å². The molecule has 2 fully saturated rings. The molecule has 2 aliphatic heterocycles. The van der Waals surface area contributed by atoms with E-state index in [-0.39, 0.29) is 29.6 Å². The van der Waals surface area contributed by atoms with Crippen LogP contribution in [0.25, 0.3) is 11.3 Å². The Kier molecular flexibility index (Phi) is 8.48. The van der Waals surface area contributed by atoms with Gasteiger partial charge in [-0.25, -0.2) is 22.0 Å². The van der Waals surface area contributed by atoms with Gasteiger partial charge in [0.05, 0.1) is 23.2 Å². The number of nitrogens with zero attached hydrogens (tertiary/aromatic N) is 4. The maximum atomic E-state index is 14.5. The molecular weight excluding hydrogens is 588 g/mol. The molecule has 6 rings (SSSR count). The predicted octanol–water partition coefficient (Wildman–Crippen LogP) is 3.71. The van der Waals surface area contributed by atoms with Crippen molar-refractivity contribution in [2.24, 2.45) is 0 Å². The van der Waals surface area contributed by atoms with Gasteiger partial charge in [-0.2, -0.15) is 4.31 Å². The van der Waals surface area contributed by atoms with Crippen LogP contribution < -0.4 is 11.0 Å². The van der Waals surface area contributed by atoms with Gasteiger partial charge in [0.2, 0.25) is 10.0 Å². The zero-order chi connectivity index (χ0) is 30.8. The molecule has 0 aliphatic carbocycles. The fourth-order valence-corrected chi connectivity index (χ4v) is 7.60. The number of halogens is 2. The number of benzene rings is 3. The maximum Gasteiger partial charge on any atom is 0.329 e. The molecule has 3 aromatic carbocycles. The zero-order valence-electron chi connectivity index (χ0n) is 24.0. The number of hydrogen-bond donors (Lipinski definition) is 1. The number of piperidine rings is 1. The largest absolute Gasteiger partial charge is 0.335 e. The van der Waals surface area contributed by atoms with Crippen molar-refractivity contribution in [1.29, 1.82) is 0 Å². The summed E-state index contributed by atoms with van der Waals surface area (Å²) in [5, 5.41) is 3.23. The van der Waals surface area contributed by atoms with Crippen LogP contribution in [-0.2, 0) is 16.6 Å². The van der Waals surface area contributed by atoms with E-state index in [1.54, 1.807) is 35.2 Å². The van der Waals surface area contributed by atoms with Crippen molar-refractivity contribution in [2.75, 3.05) is 39.3 Å². The molecule has 3 heterocycles. The lowest BCUT2D eigenvalue weighted by atomic mass is 10.0. The van der Waals surface area contributed by atoms with E-state index in [1.165, 1.54) is 19.5 Å². The Labute approximate surface area is 254 Å². The molecule has 1 amide bonds. The van der Waals surface area contributed by atoms with Crippen LogP contribution in [0.2, 0.25) is 0 Å². The molecule has 1 aromatic heterocycles. The number of rotatable bonds is 7. The maximum absolute atomic E-state index is 14.5. The van der Waals surface area contributed by atoms with Gasteiger partial charge in [0, 0.05) is 44.8 Å². The van der Waals surface area contributed by atoms with E-state index in [1.807, 2.05) is 30.3 Å². The average Bonchev–Trinajstić information content (AvgIpc) is 3.35. The third-order valence-electron chi connectivity index (χ3n) is 8.26. The molecule has 230 valence electrons. The molecule has 0 radical (unpaired) electrons. The van der Waals surface area contributed by atoms with Crippen LogP contribution in [0, 0.1) is 11.6 Å².